The van der Waals surface area contributed by atoms with Gasteiger partial charge in [0, 0.05) is 12.2 Å². The van der Waals surface area contributed by atoms with Crippen molar-refractivity contribution in [3.8, 4) is 0 Å². The first kappa shape index (κ1) is 13.8. The number of carbonyl (C=O) groups is 1. The third-order valence-electron chi connectivity index (χ3n) is 2.10. The topological polar surface area (TPSA) is 80.9 Å². The molecule has 0 unspecified atom stereocenters. The van der Waals surface area contributed by atoms with Crippen LogP contribution in [-0.2, 0) is 4.79 Å². The van der Waals surface area contributed by atoms with Crippen LogP contribution >= 0.6 is 23.1 Å². The first-order valence-corrected chi connectivity index (χ1v) is 7.21. The maximum absolute atomic E-state index is 13.4. The maximum Gasteiger partial charge on any atom is 0.218 e. The summed E-state index contributed by atoms with van der Waals surface area (Å²) in [5.74, 6) is -0.133. The van der Waals surface area contributed by atoms with E-state index in [4.69, 9.17) is 5.73 Å². The van der Waals surface area contributed by atoms with Gasteiger partial charge >= 0.3 is 0 Å². The number of carbonyl (C=O) groups excluding carboxylic acids is 1. The van der Waals surface area contributed by atoms with Gasteiger partial charge in [-0.25, -0.2) is 4.39 Å². The summed E-state index contributed by atoms with van der Waals surface area (Å²) in [6, 6.07) is 6.34. The average molecular weight is 298 g/mol. The minimum Gasteiger partial charge on any atom is -0.370 e. The van der Waals surface area contributed by atoms with Crippen LogP contribution in [0, 0.1) is 5.82 Å². The molecular weight excluding hydrogens is 287 g/mol. The highest BCUT2D eigenvalue weighted by atomic mass is 32.2. The number of thioether (sulfide) groups is 1. The monoisotopic (exact) mass is 298 g/mol. The fraction of sp³-hybridized carbons (Fsp3) is 0.182. The second-order valence-electron chi connectivity index (χ2n) is 3.54. The number of amides is 1. The predicted molar refractivity (Wildman–Crippen MR) is 74.1 cm³/mol. The van der Waals surface area contributed by atoms with Crippen LogP contribution in [0.2, 0.25) is 0 Å². The molecule has 0 atom stereocenters. The van der Waals surface area contributed by atoms with Crippen molar-refractivity contribution in [2.45, 2.75) is 10.8 Å². The highest BCUT2D eigenvalue weighted by molar-refractivity contribution is 8.01. The Morgan fingerprint density at radius 2 is 2.21 bits per heavy atom. The SMILES string of the molecule is NC(=O)CCSc1nnc(Nc2ccccc2F)s1. The fourth-order valence-electron chi connectivity index (χ4n) is 1.24. The van der Waals surface area contributed by atoms with Crippen molar-refractivity contribution in [1.82, 2.24) is 10.2 Å². The summed E-state index contributed by atoms with van der Waals surface area (Å²) < 4.78 is 14.1. The summed E-state index contributed by atoms with van der Waals surface area (Å²) in [6.07, 6.45) is 0.292. The van der Waals surface area contributed by atoms with Gasteiger partial charge in [-0.2, -0.15) is 0 Å². The lowest BCUT2D eigenvalue weighted by molar-refractivity contribution is -0.117. The van der Waals surface area contributed by atoms with Crippen LogP contribution in [0.5, 0.6) is 0 Å². The molecule has 0 radical (unpaired) electrons. The number of aromatic nitrogens is 2. The number of halogens is 1. The lowest BCUT2D eigenvalue weighted by Gasteiger charge is -2.01. The van der Waals surface area contributed by atoms with Gasteiger partial charge in [0.15, 0.2) is 4.34 Å². The Bertz CT molecular complexity index is 575. The molecule has 2 aromatic rings. The van der Waals surface area contributed by atoms with Gasteiger partial charge in [0.1, 0.15) is 5.82 Å². The van der Waals surface area contributed by atoms with E-state index in [0.29, 0.717) is 27.3 Å². The molecule has 0 saturated heterocycles. The standard InChI is InChI=1S/C11H11FN4OS2/c12-7-3-1-2-4-8(7)14-10-15-16-11(19-10)18-6-5-9(13)17/h1-4H,5-6H2,(H2,13,17)(H,14,15). The molecule has 5 nitrogen and oxygen atoms in total. The molecule has 8 heteroatoms. The molecule has 1 aromatic carbocycles. The Morgan fingerprint density at radius 3 is 2.95 bits per heavy atom. The van der Waals surface area contributed by atoms with Crippen molar-refractivity contribution < 1.29 is 9.18 Å². The number of hydrogen-bond acceptors (Lipinski definition) is 6. The second kappa shape index (κ2) is 6.48. The Morgan fingerprint density at radius 1 is 1.42 bits per heavy atom. The van der Waals surface area contributed by atoms with E-state index in [2.05, 4.69) is 15.5 Å². The number of hydrogen-bond donors (Lipinski definition) is 2. The number of nitrogens with one attached hydrogen (secondary N) is 1. The highest BCUT2D eigenvalue weighted by Crippen LogP contribution is 2.28. The predicted octanol–water partition coefficient (Wildman–Crippen LogP) is 2.39. The summed E-state index contributed by atoms with van der Waals surface area (Å²) in [5, 5.41) is 11.2. The summed E-state index contributed by atoms with van der Waals surface area (Å²) in [4.78, 5) is 10.6. The summed E-state index contributed by atoms with van der Waals surface area (Å²) in [6.45, 7) is 0. The molecule has 2 rings (SSSR count). The van der Waals surface area contributed by atoms with Crippen molar-refractivity contribution in [2.75, 3.05) is 11.1 Å². The number of rotatable bonds is 6. The average Bonchev–Trinajstić information content (AvgIpc) is 2.79. The lowest BCUT2D eigenvalue weighted by atomic mass is 10.3. The quantitative estimate of drug-likeness (QED) is 0.800. The van der Waals surface area contributed by atoms with Gasteiger partial charge in [0.05, 0.1) is 5.69 Å². The first-order valence-electron chi connectivity index (χ1n) is 5.41. The molecule has 0 fully saturated rings. The molecule has 1 aromatic heterocycles. The van der Waals surface area contributed by atoms with E-state index in [1.807, 2.05) is 0 Å². The van der Waals surface area contributed by atoms with Crippen LogP contribution < -0.4 is 11.1 Å². The van der Waals surface area contributed by atoms with Gasteiger partial charge in [-0.05, 0) is 12.1 Å². The van der Waals surface area contributed by atoms with E-state index in [1.54, 1.807) is 18.2 Å². The highest BCUT2D eigenvalue weighted by Gasteiger charge is 2.07. The first-order chi connectivity index (χ1) is 9.15. The van der Waals surface area contributed by atoms with Gasteiger partial charge < -0.3 is 11.1 Å². The molecule has 100 valence electrons. The molecule has 0 aliphatic rings. The second-order valence-corrected chi connectivity index (χ2v) is 5.86. The van der Waals surface area contributed by atoms with Crippen molar-refractivity contribution in [3.05, 3.63) is 30.1 Å². The van der Waals surface area contributed by atoms with Crippen LogP contribution in [0.4, 0.5) is 15.2 Å². The molecule has 3 N–H and O–H groups in total. The normalized spacial score (nSPS) is 10.4. The van der Waals surface area contributed by atoms with Crippen LogP contribution in [0.15, 0.2) is 28.6 Å². The van der Waals surface area contributed by atoms with Crippen LogP contribution in [-0.4, -0.2) is 21.9 Å². The van der Waals surface area contributed by atoms with Gasteiger partial charge in [0.2, 0.25) is 11.0 Å². The van der Waals surface area contributed by atoms with Gasteiger partial charge in [-0.1, -0.05) is 35.2 Å². The summed E-state index contributed by atoms with van der Waals surface area (Å²) in [5.41, 5.74) is 5.40. The molecule has 19 heavy (non-hydrogen) atoms. The molecule has 0 bridgehead atoms. The number of para-hydroxylation sites is 1. The zero-order chi connectivity index (χ0) is 13.7. The largest absolute Gasteiger partial charge is 0.370 e. The summed E-state index contributed by atoms with van der Waals surface area (Å²) >= 11 is 2.69. The third-order valence-corrected chi connectivity index (χ3v) is 4.07. The van der Waals surface area contributed by atoms with E-state index >= 15 is 0 Å². The number of anilines is 2. The molecular formula is C11H11FN4OS2. The van der Waals surface area contributed by atoms with Crippen molar-refractivity contribution in [3.63, 3.8) is 0 Å². The van der Waals surface area contributed by atoms with Crippen LogP contribution in [0.25, 0.3) is 0 Å². The Kier molecular flexibility index (Phi) is 4.69. The van der Waals surface area contributed by atoms with Crippen molar-refractivity contribution >= 4 is 39.8 Å². The summed E-state index contributed by atoms with van der Waals surface area (Å²) in [7, 11) is 0. The molecule has 1 heterocycles. The Balaban J connectivity index is 1.94. The third kappa shape index (κ3) is 4.18. The lowest BCUT2D eigenvalue weighted by Crippen LogP contribution is -2.10. The van der Waals surface area contributed by atoms with Crippen LogP contribution in [0.3, 0.4) is 0 Å². The van der Waals surface area contributed by atoms with Gasteiger partial charge in [-0.15, -0.1) is 10.2 Å². The van der Waals surface area contributed by atoms with E-state index in [0.717, 1.165) is 0 Å². The van der Waals surface area contributed by atoms with Gasteiger partial charge in [0.25, 0.3) is 0 Å². The number of nitrogens with zero attached hydrogens (tertiary/aromatic N) is 2. The fourth-order valence-corrected chi connectivity index (χ4v) is 3.02. The van der Waals surface area contributed by atoms with Crippen LogP contribution in [0.1, 0.15) is 6.42 Å². The Labute approximate surface area is 117 Å². The molecule has 0 spiro atoms. The van der Waals surface area contributed by atoms with Crippen molar-refractivity contribution in [2.24, 2.45) is 5.73 Å². The van der Waals surface area contributed by atoms with Crippen molar-refractivity contribution in [1.29, 1.82) is 0 Å². The number of nitrogens with two attached hydrogens (primary N) is 1. The molecule has 0 aliphatic heterocycles. The molecule has 0 saturated carbocycles. The van der Waals surface area contributed by atoms with E-state index in [-0.39, 0.29) is 11.7 Å². The zero-order valence-electron chi connectivity index (χ0n) is 9.80. The Hall–Kier alpha value is -1.67. The number of primary amides is 1. The number of benzene rings is 1. The molecule has 0 aliphatic carbocycles. The van der Waals surface area contributed by atoms with E-state index < -0.39 is 0 Å². The molecule has 1 amide bonds. The minimum absolute atomic E-state index is 0.292. The zero-order valence-corrected chi connectivity index (χ0v) is 11.4. The van der Waals surface area contributed by atoms with E-state index in [1.165, 1.54) is 29.2 Å². The van der Waals surface area contributed by atoms with E-state index in [9.17, 15) is 9.18 Å². The minimum atomic E-state index is -0.347. The smallest absolute Gasteiger partial charge is 0.218 e. The van der Waals surface area contributed by atoms with Gasteiger partial charge in [-0.3, -0.25) is 4.79 Å². The maximum atomic E-state index is 13.4.